The van der Waals surface area contributed by atoms with Crippen LogP contribution in [0.5, 0.6) is 0 Å². The van der Waals surface area contributed by atoms with Gasteiger partial charge in [-0.05, 0) is 11.1 Å². The third-order valence-electron chi connectivity index (χ3n) is 2.41. The van der Waals surface area contributed by atoms with Gasteiger partial charge in [0.25, 0.3) is 0 Å². The predicted molar refractivity (Wildman–Crippen MR) is 73.6 cm³/mol. The minimum Gasteiger partial charge on any atom is -0.468 e. The van der Waals surface area contributed by atoms with Gasteiger partial charge in [-0.2, -0.15) is 0 Å². The van der Waals surface area contributed by atoms with Crippen LogP contribution in [0.2, 0.25) is 0 Å². The van der Waals surface area contributed by atoms with Crippen molar-refractivity contribution in [2.45, 2.75) is 18.0 Å². The Morgan fingerprint density at radius 2 is 2.11 bits per heavy atom. The molecule has 0 heterocycles. The first kappa shape index (κ1) is 15.1. The van der Waals surface area contributed by atoms with Crippen LogP contribution in [0.15, 0.2) is 24.3 Å². The molecule has 0 fully saturated rings. The maximum atomic E-state index is 11.2. The number of benzene rings is 1. The van der Waals surface area contributed by atoms with Gasteiger partial charge in [-0.1, -0.05) is 40.2 Å². The Hall–Kier alpha value is -0.910. The normalized spacial score (nSPS) is 12.2. The van der Waals surface area contributed by atoms with Crippen molar-refractivity contribution in [3.8, 4) is 0 Å². The summed E-state index contributed by atoms with van der Waals surface area (Å²) in [6.45, 7) is 1.84. The van der Waals surface area contributed by atoms with Crippen molar-refractivity contribution in [1.82, 2.24) is 5.32 Å². The Morgan fingerprint density at radius 1 is 1.39 bits per heavy atom. The number of rotatable bonds is 7. The lowest BCUT2D eigenvalue weighted by atomic mass is 10.1. The molecule has 0 amide bonds. The maximum Gasteiger partial charge on any atom is 0.320 e. The summed E-state index contributed by atoms with van der Waals surface area (Å²) < 4.78 is 9.71. The van der Waals surface area contributed by atoms with Gasteiger partial charge in [0.2, 0.25) is 0 Å². The highest BCUT2D eigenvalue weighted by Gasteiger charge is 2.13. The molecule has 0 aromatic heterocycles. The Bertz CT molecular complexity index is 384. The summed E-state index contributed by atoms with van der Waals surface area (Å²) in [5.41, 5.74) is 2.30. The summed E-state index contributed by atoms with van der Waals surface area (Å²) in [7, 11) is 3.06. The number of esters is 1. The van der Waals surface area contributed by atoms with E-state index in [0.29, 0.717) is 19.7 Å². The molecule has 0 aliphatic heterocycles. The summed E-state index contributed by atoms with van der Waals surface area (Å²) in [6.07, 6.45) is 0. The van der Waals surface area contributed by atoms with Gasteiger partial charge in [0.05, 0.1) is 13.7 Å². The molecule has 100 valence electrons. The monoisotopic (exact) mass is 315 g/mol. The van der Waals surface area contributed by atoms with Crippen molar-refractivity contribution in [3.05, 3.63) is 35.4 Å². The van der Waals surface area contributed by atoms with E-state index in [-0.39, 0.29) is 10.8 Å². The molecule has 0 aliphatic rings. The van der Waals surface area contributed by atoms with E-state index in [1.165, 1.54) is 7.11 Å². The summed E-state index contributed by atoms with van der Waals surface area (Å²) >= 11 is 3.26. The lowest BCUT2D eigenvalue weighted by Crippen LogP contribution is -2.29. The Kier molecular flexibility index (Phi) is 6.93. The Labute approximate surface area is 116 Å². The molecule has 0 aliphatic carbocycles. The predicted octanol–water partition coefficient (Wildman–Crippen LogP) is 1.86. The van der Waals surface area contributed by atoms with Crippen LogP contribution in [0.25, 0.3) is 0 Å². The lowest BCUT2D eigenvalue weighted by molar-refractivity contribution is -0.139. The number of methoxy groups -OCH3 is 2. The summed E-state index contributed by atoms with van der Waals surface area (Å²) in [5, 5.41) is 3.20. The molecular weight excluding hydrogens is 298 g/mol. The number of ether oxygens (including phenoxy) is 2. The van der Waals surface area contributed by atoms with Crippen LogP contribution in [0.4, 0.5) is 0 Å². The molecular formula is C13H18BrNO3. The van der Waals surface area contributed by atoms with Crippen LogP contribution >= 0.6 is 15.9 Å². The fraction of sp³-hybridized carbons (Fsp3) is 0.462. The quantitative estimate of drug-likeness (QED) is 0.616. The van der Waals surface area contributed by atoms with E-state index in [0.717, 1.165) is 11.1 Å². The molecule has 1 aromatic carbocycles. The van der Waals surface area contributed by atoms with Gasteiger partial charge in [-0.3, -0.25) is 4.79 Å². The zero-order valence-corrected chi connectivity index (χ0v) is 12.2. The summed E-state index contributed by atoms with van der Waals surface area (Å²) in [5.74, 6) is -0.268. The zero-order chi connectivity index (χ0) is 13.4. The van der Waals surface area contributed by atoms with Gasteiger partial charge in [0, 0.05) is 20.2 Å². The highest BCUT2D eigenvalue weighted by molar-refractivity contribution is 9.10. The first-order valence-electron chi connectivity index (χ1n) is 5.66. The van der Waals surface area contributed by atoms with Crippen molar-refractivity contribution in [1.29, 1.82) is 0 Å². The maximum absolute atomic E-state index is 11.2. The van der Waals surface area contributed by atoms with Crippen molar-refractivity contribution in [3.63, 3.8) is 0 Å². The fourth-order valence-electron chi connectivity index (χ4n) is 1.55. The molecule has 5 heteroatoms. The van der Waals surface area contributed by atoms with Crippen molar-refractivity contribution in [2.24, 2.45) is 0 Å². The summed E-state index contributed by atoms with van der Waals surface area (Å²) in [6, 6.07) is 8.14. The molecule has 1 unspecified atom stereocenters. The highest BCUT2D eigenvalue weighted by atomic mass is 79.9. The number of halogens is 1. The molecule has 1 rings (SSSR count). The van der Waals surface area contributed by atoms with Gasteiger partial charge in [-0.15, -0.1) is 0 Å². The molecule has 0 saturated heterocycles. The molecule has 4 nitrogen and oxygen atoms in total. The third kappa shape index (κ3) is 5.16. The SMILES string of the molecule is COCc1cccc(CNCC(Br)C(=O)OC)c1. The Balaban J connectivity index is 2.39. The number of carbonyl (C=O) groups is 1. The van der Waals surface area contributed by atoms with Gasteiger partial charge >= 0.3 is 5.97 Å². The molecule has 0 radical (unpaired) electrons. The van der Waals surface area contributed by atoms with E-state index in [2.05, 4.69) is 32.0 Å². The largest absolute Gasteiger partial charge is 0.468 e. The molecule has 1 aromatic rings. The topological polar surface area (TPSA) is 47.6 Å². The molecule has 0 bridgehead atoms. The summed E-state index contributed by atoms with van der Waals surface area (Å²) in [4.78, 5) is 10.9. The minimum absolute atomic E-state index is 0.268. The van der Waals surface area contributed by atoms with Crippen LogP contribution in [0.3, 0.4) is 0 Å². The number of hydrogen-bond acceptors (Lipinski definition) is 4. The van der Waals surface area contributed by atoms with Crippen LogP contribution in [-0.2, 0) is 27.4 Å². The van der Waals surface area contributed by atoms with E-state index in [1.807, 2.05) is 18.2 Å². The van der Waals surface area contributed by atoms with E-state index in [9.17, 15) is 4.79 Å². The van der Waals surface area contributed by atoms with Gasteiger partial charge in [-0.25, -0.2) is 0 Å². The highest BCUT2D eigenvalue weighted by Crippen LogP contribution is 2.07. The van der Waals surface area contributed by atoms with E-state index < -0.39 is 0 Å². The molecule has 1 N–H and O–H groups in total. The first-order chi connectivity index (χ1) is 8.67. The molecule has 1 atom stereocenters. The van der Waals surface area contributed by atoms with Crippen LogP contribution in [0, 0.1) is 0 Å². The second-order valence-corrected chi connectivity index (χ2v) is 4.98. The fourth-order valence-corrected chi connectivity index (χ4v) is 1.97. The van der Waals surface area contributed by atoms with E-state index >= 15 is 0 Å². The van der Waals surface area contributed by atoms with E-state index in [4.69, 9.17) is 4.74 Å². The number of nitrogens with one attached hydrogen (secondary N) is 1. The van der Waals surface area contributed by atoms with Gasteiger partial charge in [0.1, 0.15) is 4.83 Å². The second-order valence-electron chi connectivity index (χ2n) is 3.87. The number of carbonyl (C=O) groups excluding carboxylic acids is 1. The third-order valence-corrected chi connectivity index (χ3v) is 3.11. The van der Waals surface area contributed by atoms with E-state index in [1.54, 1.807) is 7.11 Å². The lowest BCUT2D eigenvalue weighted by Gasteiger charge is -2.10. The minimum atomic E-state index is -0.315. The van der Waals surface area contributed by atoms with Crippen LogP contribution in [0.1, 0.15) is 11.1 Å². The standard InChI is InChI=1S/C13H18BrNO3/c1-17-9-11-5-3-4-10(6-11)7-15-8-12(14)13(16)18-2/h3-6,12,15H,7-9H2,1-2H3. The van der Waals surface area contributed by atoms with Crippen LogP contribution < -0.4 is 5.32 Å². The molecule has 0 saturated carbocycles. The average Bonchev–Trinajstić information content (AvgIpc) is 2.38. The van der Waals surface area contributed by atoms with Gasteiger partial charge < -0.3 is 14.8 Å². The van der Waals surface area contributed by atoms with Gasteiger partial charge in [0.15, 0.2) is 0 Å². The Morgan fingerprint density at radius 3 is 2.78 bits per heavy atom. The zero-order valence-electron chi connectivity index (χ0n) is 10.6. The number of alkyl halides is 1. The van der Waals surface area contributed by atoms with Crippen molar-refractivity contribution < 1.29 is 14.3 Å². The number of hydrogen-bond donors (Lipinski definition) is 1. The van der Waals surface area contributed by atoms with Crippen LogP contribution in [-0.4, -0.2) is 31.6 Å². The van der Waals surface area contributed by atoms with Crippen molar-refractivity contribution >= 4 is 21.9 Å². The molecule has 0 spiro atoms. The smallest absolute Gasteiger partial charge is 0.320 e. The molecule has 18 heavy (non-hydrogen) atoms. The van der Waals surface area contributed by atoms with Crippen molar-refractivity contribution in [2.75, 3.05) is 20.8 Å². The second kappa shape index (κ2) is 8.24. The first-order valence-corrected chi connectivity index (χ1v) is 6.58. The average molecular weight is 316 g/mol.